The number of nitrogens with zero attached hydrogens (tertiary/aromatic N) is 3. The second-order valence-corrected chi connectivity index (χ2v) is 6.83. The van der Waals surface area contributed by atoms with E-state index in [2.05, 4.69) is 20.8 Å². The molecule has 0 fully saturated rings. The molecular formula is C21H16Cl2N4O2. The first-order valence-electron chi connectivity index (χ1n) is 8.57. The maximum Gasteiger partial charge on any atom is 0.244 e. The molecule has 6 nitrogen and oxygen atoms in total. The van der Waals surface area contributed by atoms with E-state index in [1.807, 2.05) is 6.07 Å². The average molecular weight is 427 g/mol. The largest absolute Gasteiger partial charge is 0.507 e. The molecule has 146 valence electrons. The molecule has 3 rings (SSSR count). The lowest BCUT2D eigenvalue weighted by Crippen LogP contribution is -2.19. The number of azo groups is 1. The van der Waals surface area contributed by atoms with Crippen LogP contribution in [0.25, 0.3) is 0 Å². The van der Waals surface area contributed by atoms with Gasteiger partial charge in [-0.2, -0.15) is 10.2 Å². The number of aromatic hydroxyl groups is 1. The molecule has 0 saturated heterocycles. The van der Waals surface area contributed by atoms with E-state index in [0.717, 1.165) is 5.56 Å². The number of benzene rings is 3. The summed E-state index contributed by atoms with van der Waals surface area (Å²) in [6.45, 7) is 0. The van der Waals surface area contributed by atoms with Crippen LogP contribution in [0.4, 0.5) is 11.4 Å². The van der Waals surface area contributed by atoms with E-state index >= 15 is 0 Å². The molecule has 2 N–H and O–H groups in total. The summed E-state index contributed by atoms with van der Waals surface area (Å²) in [6.07, 6.45) is 1.50. The standard InChI is InChI=1S/C21H16Cl2N4O2/c22-16-7-5-14(6-8-16)11-21(29)27-24-13-15-12-17(9-10-20(15)28)25-26-19-4-2-1-3-18(19)23/h1-10,12-13,28H,11H2,(H,27,29)/b24-13-,26-25?. The lowest BCUT2D eigenvalue weighted by atomic mass is 10.1. The van der Waals surface area contributed by atoms with E-state index in [1.165, 1.54) is 12.3 Å². The van der Waals surface area contributed by atoms with Crippen molar-refractivity contribution in [2.75, 3.05) is 0 Å². The normalized spacial score (nSPS) is 11.2. The number of carbonyl (C=O) groups excluding carboxylic acids is 1. The summed E-state index contributed by atoms with van der Waals surface area (Å²) in [7, 11) is 0. The third kappa shape index (κ3) is 6.14. The molecule has 0 aliphatic carbocycles. The summed E-state index contributed by atoms with van der Waals surface area (Å²) in [5.74, 6) is -0.296. The van der Waals surface area contributed by atoms with Gasteiger partial charge in [0, 0.05) is 10.6 Å². The topological polar surface area (TPSA) is 86.4 Å². The fraction of sp³-hybridized carbons (Fsp3) is 0.0476. The zero-order valence-electron chi connectivity index (χ0n) is 15.1. The highest BCUT2D eigenvalue weighted by molar-refractivity contribution is 6.32. The Morgan fingerprint density at radius 2 is 1.76 bits per heavy atom. The van der Waals surface area contributed by atoms with Gasteiger partial charge in [-0.1, -0.05) is 47.5 Å². The van der Waals surface area contributed by atoms with Crippen molar-refractivity contribution in [2.45, 2.75) is 6.42 Å². The summed E-state index contributed by atoms with van der Waals surface area (Å²) < 4.78 is 0. The Morgan fingerprint density at radius 1 is 1.00 bits per heavy atom. The van der Waals surface area contributed by atoms with Crippen LogP contribution in [0.15, 0.2) is 82.1 Å². The predicted octanol–water partition coefficient (Wildman–Crippen LogP) is 5.81. The Kier molecular flexibility index (Phi) is 6.94. The number of phenols is 1. The number of hydrogen-bond donors (Lipinski definition) is 2. The fourth-order valence-corrected chi connectivity index (χ4v) is 2.65. The molecule has 3 aromatic carbocycles. The maximum absolute atomic E-state index is 12.0. The number of hydrazone groups is 1. The van der Waals surface area contributed by atoms with E-state index in [4.69, 9.17) is 23.2 Å². The van der Waals surface area contributed by atoms with Gasteiger partial charge in [0.25, 0.3) is 0 Å². The van der Waals surface area contributed by atoms with Crippen LogP contribution < -0.4 is 5.43 Å². The molecule has 0 radical (unpaired) electrons. The number of amides is 1. The van der Waals surface area contributed by atoms with Crippen LogP contribution in [-0.4, -0.2) is 17.2 Å². The average Bonchev–Trinajstić information content (AvgIpc) is 2.71. The molecule has 1 amide bonds. The van der Waals surface area contributed by atoms with E-state index < -0.39 is 0 Å². The van der Waals surface area contributed by atoms with E-state index in [9.17, 15) is 9.90 Å². The van der Waals surface area contributed by atoms with Gasteiger partial charge in [-0.25, -0.2) is 5.43 Å². The third-order valence-electron chi connectivity index (χ3n) is 3.81. The molecule has 0 aliphatic rings. The van der Waals surface area contributed by atoms with Crippen molar-refractivity contribution in [3.8, 4) is 5.75 Å². The van der Waals surface area contributed by atoms with Crippen LogP contribution in [0.5, 0.6) is 5.75 Å². The van der Waals surface area contributed by atoms with Crippen molar-refractivity contribution in [1.82, 2.24) is 5.43 Å². The number of phenolic OH excluding ortho intramolecular Hbond substituents is 1. The first kappa shape index (κ1) is 20.5. The first-order chi connectivity index (χ1) is 14.0. The van der Waals surface area contributed by atoms with Gasteiger partial charge < -0.3 is 5.11 Å². The van der Waals surface area contributed by atoms with Crippen LogP contribution in [0.3, 0.4) is 0 Å². The molecule has 0 aliphatic heterocycles. The quantitative estimate of drug-likeness (QED) is 0.296. The molecule has 0 aromatic heterocycles. The maximum atomic E-state index is 12.0. The molecule has 29 heavy (non-hydrogen) atoms. The minimum Gasteiger partial charge on any atom is -0.507 e. The number of carbonyl (C=O) groups is 1. The minimum absolute atomic E-state index is 0.00241. The van der Waals surface area contributed by atoms with Crippen LogP contribution in [-0.2, 0) is 11.2 Å². The van der Waals surface area contributed by atoms with E-state index in [1.54, 1.807) is 54.6 Å². The highest BCUT2D eigenvalue weighted by Gasteiger charge is 2.04. The summed E-state index contributed by atoms with van der Waals surface area (Å²) >= 11 is 11.9. The lowest BCUT2D eigenvalue weighted by Gasteiger charge is -2.02. The van der Waals surface area contributed by atoms with Gasteiger partial charge in [-0.05, 0) is 48.0 Å². The molecule has 8 heteroatoms. The highest BCUT2D eigenvalue weighted by Crippen LogP contribution is 2.27. The van der Waals surface area contributed by atoms with Gasteiger partial charge in [-0.15, -0.1) is 5.11 Å². The molecule has 0 spiro atoms. The minimum atomic E-state index is -0.294. The highest BCUT2D eigenvalue weighted by atomic mass is 35.5. The van der Waals surface area contributed by atoms with Gasteiger partial charge in [0.15, 0.2) is 0 Å². The Labute approximate surface area is 177 Å². The van der Waals surface area contributed by atoms with Crippen molar-refractivity contribution in [3.05, 3.63) is 87.9 Å². The monoisotopic (exact) mass is 426 g/mol. The second kappa shape index (κ2) is 9.82. The molecule has 0 unspecified atom stereocenters. The van der Waals surface area contributed by atoms with Gasteiger partial charge in [0.05, 0.1) is 23.3 Å². The van der Waals surface area contributed by atoms with Crippen molar-refractivity contribution in [3.63, 3.8) is 0 Å². The van der Waals surface area contributed by atoms with E-state index in [0.29, 0.717) is 27.0 Å². The molecule has 0 saturated carbocycles. The summed E-state index contributed by atoms with van der Waals surface area (Å²) in [4.78, 5) is 12.0. The third-order valence-corrected chi connectivity index (χ3v) is 4.38. The van der Waals surface area contributed by atoms with E-state index in [-0.39, 0.29) is 18.1 Å². The van der Waals surface area contributed by atoms with Gasteiger partial charge in [0.2, 0.25) is 5.91 Å². The van der Waals surface area contributed by atoms with Crippen LogP contribution in [0.2, 0.25) is 10.0 Å². The molecule has 0 bridgehead atoms. The summed E-state index contributed by atoms with van der Waals surface area (Å²) in [6, 6.07) is 18.7. The van der Waals surface area contributed by atoms with Gasteiger partial charge in [0.1, 0.15) is 11.4 Å². The first-order valence-corrected chi connectivity index (χ1v) is 9.32. The number of hydrogen-bond acceptors (Lipinski definition) is 5. The smallest absolute Gasteiger partial charge is 0.244 e. The summed E-state index contributed by atoms with van der Waals surface area (Å²) in [5, 5.41) is 23.2. The van der Waals surface area contributed by atoms with Crippen molar-refractivity contribution >= 4 is 46.7 Å². The lowest BCUT2D eigenvalue weighted by molar-refractivity contribution is -0.120. The Bertz CT molecular complexity index is 1070. The Morgan fingerprint density at radius 3 is 2.52 bits per heavy atom. The van der Waals surface area contributed by atoms with Gasteiger partial charge in [-0.3, -0.25) is 4.79 Å². The van der Waals surface area contributed by atoms with Crippen LogP contribution in [0.1, 0.15) is 11.1 Å². The van der Waals surface area contributed by atoms with Crippen LogP contribution >= 0.6 is 23.2 Å². The zero-order valence-corrected chi connectivity index (χ0v) is 16.6. The number of nitrogens with one attached hydrogen (secondary N) is 1. The SMILES string of the molecule is O=C(Cc1ccc(Cl)cc1)N/N=C\c1cc(N=Nc2ccccc2Cl)ccc1O. The number of rotatable bonds is 6. The van der Waals surface area contributed by atoms with Crippen molar-refractivity contribution in [1.29, 1.82) is 0 Å². The second-order valence-electron chi connectivity index (χ2n) is 5.99. The van der Waals surface area contributed by atoms with Crippen molar-refractivity contribution in [2.24, 2.45) is 15.3 Å². The molecular weight excluding hydrogens is 411 g/mol. The molecule has 3 aromatic rings. The van der Waals surface area contributed by atoms with Crippen LogP contribution in [0, 0.1) is 0 Å². The fourth-order valence-electron chi connectivity index (χ4n) is 2.35. The summed E-state index contributed by atoms with van der Waals surface area (Å²) in [5.41, 5.74) is 4.65. The predicted molar refractivity (Wildman–Crippen MR) is 115 cm³/mol. The van der Waals surface area contributed by atoms with Crippen molar-refractivity contribution < 1.29 is 9.90 Å². The zero-order chi connectivity index (χ0) is 20.6. The molecule has 0 heterocycles. The Hall–Kier alpha value is -3.22. The molecule has 0 atom stereocenters. The van der Waals surface area contributed by atoms with Gasteiger partial charge >= 0.3 is 0 Å². The number of halogens is 2. The Balaban J connectivity index is 1.64.